The van der Waals surface area contributed by atoms with Crippen LogP contribution in [-0.4, -0.2) is 5.11 Å². The van der Waals surface area contributed by atoms with Crippen LogP contribution in [0.4, 0.5) is 4.39 Å². The van der Waals surface area contributed by atoms with Gasteiger partial charge >= 0.3 is 0 Å². The molecule has 13 heavy (non-hydrogen) atoms. The summed E-state index contributed by atoms with van der Waals surface area (Å²) in [6.07, 6.45) is 3.81. The Morgan fingerprint density at radius 3 is 2.54 bits per heavy atom. The molecule has 1 aromatic rings. The van der Waals surface area contributed by atoms with Gasteiger partial charge in [0.25, 0.3) is 0 Å². The zero-order chi connectivity index (χ0) is 9.68. The van der Waals surface area contributed by atoms with Crippen LogP contribution in [0.2, 0.25) is 0 Å². The molecule has 0 aliphatic heterocycles. The maximum absolute atomic E-state index is 12.5. The highest BCUT2D eigenvalue weighted by atomic mass is 19.1. The molecule has 0 saturated carbocycles. The Morgan fingerprint density at radius 2 is 2.00 bits per heavy atom. The molecule has 0 spiro atoms. The van der Waals surface area contributed by atoms with Gasteiger partial charge in [-0.2, -0.15) is 0 Å². The van der Waals surface area contributed by atoms with Gasteiger partial charge in [-0.05, 0) is 31.0 Å². The van der Waals surface area contributed by atoms with Gasteiger partial charge in [-0.25, -0.2) is 4.39 Å². The maximum atomic E-state index is 12.5. The lowest BCUT2D eigenvalue weighted by atomic mass is 10.1. The molecule has 2 heteroatoms. The molecule has 0 aromatic heterocycles. The van der Waals surface area contributed by atoms with Crippen molar-refractivity contribution in [2.24, 2.45) is 0 Å². The molecule has 0 bridgehead atoms. The van der Waals surface area contributed by atoms with Crippen molar-refractivity contribution in [3.8, 4) is 0 Å². The van der Waals surface area contributed by atoms with Crippen LogP contribution in [0, 0.1) is 5.82 Å². The van der Waals surface area contributed by atoms with E-state index in [-0.39, 0.29) is 5.82 Å². The Hall–Kier alpha value is -1.15. The molecule has 0 heterocycles. The van der Waals surface area contributed by atoms with Gasteiger partial charge in [0, 0.05) is 0 Å². The van der Waals surface area contributed by atoms with Crippen molar-refractivity contribution in [1.29, 1.82) is 0 Å². The normalized spacial score (nSPS) is 13.5. The van der Waals surface area contributed by atoms with Gasteiger partial charge in [0.2, 0.25) is 0 Å². The highest BCUT2D eigenvalue weighted by molar-refractivity contribution is 5.18. The monoisotopic (exact) mass is 180 g/mol. The number of benzene rings is 1. The summed E-state index contributed by atoms with van der Waals surface area (Å²) in [7, 11) is 0. The first-order valence-electron chi connectivity index (χ1n) is 4.28. The fraction of sp³-hybridized carbons (Fsp3) is 0.273. The lowest BCUT2D eigenvalue weighted by Gasteiger charge is -2.07. The third kappa shape index (κ3) is 2.99. The largest absolute Gasteiger partial charge is 0.388 e. The third-order valence-electron chi connectivity index (χ3n) is 1.85. The number of hydrogen-bond donors (Lipinski definition) is 1. The van der Waals surface area contributed by atoms with Gasteiger partial charge in [-0.1, -0.05) is 24.3 Å². The Labute approximate surface area is 77.5 Å². The summed E-state index contributed by atoms with van der Waals surface area (Å²) in [5, 5.41) is 9.57. The Morgan fingerprint density at radius 1 is 1.38 bits per heavy atom. The second-order valence-electron chi connectivity index (χ2n) is 2.87. The van der Waals surface area contributed by atoms with E-state index in [0.717, 1.165) is 5.56 Å². The van der Waals surface area contributed by atoms with Crippen LogP contribution in [0.15, 0.2) is 36.4 Å². The molecule has 1 aromatic carbocycles. The first-order chi connectivity index (χ1) is 6.24. The second-order valence-corrected chi connectivity index (χ2v) is 2.87. The van der Waals surface area contributed by atoms with Crippen LogP contribution in [0.1, 0.15) is 25.0 Å². The molecule has 0 fully saturated rings. The van der Waals surface area contributed by atoms with Crippen molar-refractivity contribution >= 4 is 0 Å². The van der Waals surface area contributed by atoms with Crippen molar-refractivity contribution in [1.82, 2.24) is 0 Å². The SMILES string of the molecule is C/C=C/CC(O)c1ccc(F)cc1. The second kappa shape index (κ2) is 4.77. The summed E-state index contributed by atoms with van der Waals surface area (Å²) >= 11 is 0. The van der Waals surface area contributed by atoms with Crippen LogP contribution in [-0.2, 0) is 0 Å². The van der Waals surface area contributed by atoms with Gasteiger partial charge in [-0.3, -0.25) is 0 Å². The minimum atomic E-state index is -0.531. The van der Waals surface area contributed by atoms with E-state index >= 15 is 0 Å². The quantitative estimate of drug-likeness (QED) is 0.709. The lowest BCUT2D eigenvalue weighted by Crippen LogP contribution is -1.95. The molecule has 1 unspecified atom stereocenters. The molecule has 0 aliphatic carbocycles. The predicted molar refractivity (Wildman–Crippen MR) is 50.8 cm³/mol. The van der Waals surface area contributed by atoms with Gasteiger partial charge in [-0.15, -0.1) is 0 Å². The van der Waals surface area contributed by atoms with Gasteiger partial charge in [0.15, 0.2) is 0 Å². The smallest absolute Gasteiger partial charge is 0.123 e. The fourth-order valence-electron chi connectivity index (χ4n) is 1.09. The molecule has 0 amide bonds. The highest BCUT2D eigenvalue weighted by Crippen LogP contribution is 2.16. The molecule has 0 saturated heterocycles. The summed E-state index contributed by atoms with van der Waals surface area (Å²) in [4.78, 5) is 0. The van der Waals surface area contributed by atoms with E-state index in [1.54, 1.807) is 12.1 Å². The number of hydrogen-bond acceptors (Lipinski definition) is 1. The Balaban J connectivity index is 2.66. The van der Waals surface area contributed by atoms with E-state index < -0.39 is 6.10 Å². The molecule has 1 nitrogen and oxygen atoms in total. The number of allylic oxidation sites excluding steroid dienone is 1. The van der Waals surface area contributed by atoms with Crippen molar-refractivity contribution in [2.75, 3.05) is 0 Å². The van der Waals surface area contributed by atoms with E-state index in [2.05, 4.69) is 0 Å². The summed E-state index contributed by atoms with van der Waals surface area (Å²) < 4.78 is 12.5. The first kappa shape index (κ1) is 9.93. The average Bonchev–Trinajstić information content (AvgIpc) is 2.15. The van der Waals surface area contributed by atoms with E-state index in [1.807, 2.05) is 19.1 Å². The first-order valence-corrected chi connectivity index (χ1v) is 4.28. The molecule has 1 atom stereocenters. The van der Waals surface area contributed by atoms with Crippen molar-refractivity contribution < 1.29 is 9.50 Å². The van der Waals surface area contributed by atoms with E-state index in [9.17, 15) is 9.50 Å². The fourth-order valence-corrected chi connectivity index (χ4v) is 1.09. The molecule has 0 radical (unpaired) electrons. The number of aliphatic hydroxyl groups is 1. The summed E-state index contributed by atoms with van der Waals surface area (Å²) in [6.45, 7) is 1.90. The predicted octanol–water partition coefficient (Wildman–Crippen LogP) is 2.83. The minimum Gasteiger partial charge on any atom is -0.388 e. The van der Waals surface area contributed by atoms with Crippen LogP contribution in [0.5, 0.6) is 0 Å². The van der Waals surface area contributed by atoms with Gasteiger partial charge in [0.05, 0.1) is 6.10 Å². The van der Waals surface area contributed by atoms with Crippen molar-refractivity contribution in [3.63, 3.8) is 0 Å². The highest BCUT2D eigenvalue weighted by Gasteiger charge is 2.04. The molecular formula is C11H13FO. The molecule has 70 valence electrons. The Kier molecular flexibility index (Phi) is 3.65. The summed E-state index contributed by atoms with van der Waals surface area (Å²) in [5.41, 5.74) is 0.750. The van der Waals surface area contributed by atoms with Gasteiger partial charge in [0.1, 0.15) is 5.82 Å². The number of aliphatic hydroxyl groups excluding tert-OH is 1. The van der Waals surface area contributed by atoms with E-state index in [1.165, 1.54) is 12.1 Å². The summed E-state index contributed by atoms with van der Waals surface area (Å²) in [6, 6.07) is 5.91. The van der Waals surface area contributed by atoms with E-state index in [0.29, 0.717) is 6.42 Å². The van der Waals surface area contributed by atoms with Crippen LogP contribution < -0.4 is 0 Å². The molecular weight excluding hydrogens is 167 g/mol. The average molecular weight is 180 g/mol. The Bertz CT molecular complexity index is 277. The van der Waals surface area contributed by atoms with Crippen LogP contribution in [0.3, 0.4) is 0 Å². The number of rotatable bonds is 3. The topological polar surface area (TPSA) is 20.2 Å². The summed E-state index contributed by atoms with van der Waals surface area (Å²) in [5.74, 6) is -0.276. The van der Waals surface area contributed by atoms with Crippen molar-refractivity contribution in [2.45, 2.75) is 19.4 Å². The molecule has 1 rings (SSSR count). The molecule has 0 aliphatic rings. The van der Waals surface area contributed by atoms with Crippen molar-refractivity contribution in [3.05, 3.63) is 47.8 Å². The zero-order valence-corrected chi connectivity index (χ0v) is 7.57. The maximum Gasteiger partial charge on any atom is 0.123 e. The third-order valence-corrected chi connectivity index (χ3v) is 1.85. The number of halogens is 1. The van der Waals surface area contributed by atoms with E-state index in [4.69, 9.17) is 0 Å². The van der Waals surface area contributed by atoms with Crippen LogP contribution >= 0.6 is 0 Å². The van der Waals surface area contributed by atoms with Crippen LogP contribution in [0.25, 0.3) is 0 Å². The minimum absolute atomic E-state index is 0.276. The lowest BCUT2D eigenvalue weighted by molar-refractivity contribution is 0.181. The molecule has 1 N–H and O–H groups in total. The standard InChI is InChI=1S/C11H13FO/c1-2-3-4-11(13)9-5-7-10(12)8-6-9/h2-3,5-8,11,13H,4H2,1H3/b3-2+. The van der Waals surface area contributed by atoms with Gasteiger partial charge < -0.3 is 5.11 Å². The zero-order valence-electron chi connectivity index (χ0n) is 7.57.